The maximum atomic E-state index is 12.0. The van der Waals surface area contributed by atoms with Crippen molar-refractivity contribution in [1.82, 2.24) is 9.13 Å². The largest absolute Gasteiger partial charge is 0.481 e. The summed E-state index contributed by atoms with van der Waals surface area (Å²) < 4.78 is 3.22. The fraction of sp³-hybridized carbons (Fsp3) is 0.429. The molecule has 19 heavy (non-hydrogen) atoms. The molecule has 1 N–H and O–H groups in total. The van der Waals surface area contributed by atoms with Gasteiger partial charge in [-0.15, -0.1) is 0 Å². The van der Waals surface area contributed by atoms with Gasteiger partial charge in [0.15, 0.2) is 0 Å². The number of carboxylic acid groups (broad SMARTS) is 1. The number of carboxylic acids is 1. The van der Waals surface area contributed by atoms with Gasteiger partial charge in [-0.1, -0.05) is 12.1 Å². The van der Waals surface area contributed by atoms with Crippen LogP contribution in [-0.4, -0.2) is 20.2 Å². The van der Waals surface area contributed by atoms with Gasteiger partial charge in [-0.3, -0.25) is 13.9 Å². The number of hydrogen-bond acceptors (Lipinski definition) is 2. The van der Waals surface area contributed by atoms with E-state index in [-0.39, 0.29) is 17.5 Å². The highest BCUT2D eigenvalue weighted by molar-refractivity contribution is 5.83. The molecule has 0 aliphatic heterocycles. The molecule has 0 spiro atoms. The van der Waals surface area contributed by atoms with Gasteiger partial charge in [-0.2, -0.15) is 0 Å². The number of nitrogens with zero attached hydrogens (tertiary/aromatic N) is 2. The molecule has 1 fully saturated rings. The van der Waals surface area contributed by atoms with Crippen molar-refractivity contribution in [2.45, 2.75) is 24.7 Å². The van der Waals surface area contributed by atoms with Crippen molar-refractivity contribution in [2.24, 2.45) is 14.1 Å². The van der Waals surface area contributed by atoms with E-state index in [0.717, 1.165) is 29.4 Å². The number of aromatic nitrogens is 2. The highest BCUT2D eigenvalue weighted by Crippen LogP contribution is 2.52. The molecule has 3 rings (SSSR count). The number of aryl methyl sites for hydroxylation is 2. The zero-order chi connectivity index (χ0) is 13.8. The maximum Gasteiger partial charge on any atom is 0.328 e. The first-order valence-electron chi connectivity index (χ1n) is 6.33. The van der Waals surface area contributed by atoms with Crippen LogP contribution in [0.1, 0.15) is 24.8 Å². The highest BCUT2D eigenvalue weighted by Gasteiger charge is 2.47. The molecule has 0 unspecified atom stereocenters. The monoisotopic (exact) mass is 260 g/mol. The van der Waals surface area contributed by atoms with Gasteiger partial charge in [0.05, 0.1) is 17.5 Å². The molecule has 1 aliphatic rings. The lowest BCUT2D eigenvalue weighted by molar-refractivity contribution is -0.137. The molecule has 1 aromatic carbocycles. The minimum atomic E-state index is -0.782. The minimum absolute atomic E-state index is 0.0754. The minimum Gasteiger partial charge on any atom is -0.481 e. The summed E-state index contributed by atoms with van der Waals surface area (Å²) in [4.78, 5) is 23.1. The van der Waals surface area contributed by atoms with Crippen LogP contribution in [0, 0.1) is 0 Å². The number of imidazole rings is 1. The van der Waals surface area contributed by atoms with Gasteiger partial charge in [-0.25, -0.2) is 4.79 Å². The molecule has 1 aromatic heterocycles. The summed E-state index contributed by atoms with van der Waals surface area (Å²) in [5.74, 6) is -0.782. The summed E-state index contributed by atoms with van der Waals surface area (Å²) in [5.41, 5.74) is 2.37. The number of fused-ring (bicyclic) bond motifs is 1. The molecule has 1 heterocycles. The molecule has 2 aromatic rings. The zero-order valence-electron chi connectivity index (χ0n) is 11.0. The number of rotatable bonds is 3. The Kier molecular flexibility index (Phi) is 2.36. The van der Waals surface area contributed by atoms with Crippen LogP contribution in [-0.2, 0) is 24.3 Å². The van der Waals surface area contributed by atoms with Gasteiger partial charge >= 0.3 is 11.7 Å². The second-order valence-corrected chi connectivity index (χ2v) is 5.42. The fourth-order valence-electron chi connectivity index (χ4n) is 2.99. The summed E-state index contributed by atoms with van der Waals surface area (Å²) in [7, 11) is 3.48. The maximum absolute atomic E-state index is 12.0. The van der Waals surface area contributed by atoms with E-state index in [0.29, 0.717) is 0 Å². The Morgan fingerprint density at radius 1 is 1.32 bits per heavy atom. The standard InChI is InChI=1S/C14H16N2O3/c1-15-10-5-3-4-9(12(10)16(2)13(15)19)14(6-7-14)8-11(17)18/h3-5H,6-8H2,1-2H3,(H,17,18). The van der Waals surface area contributed by atoms with Crippen LogP contribution in [0.2, 0.25) is 0 Å². The molecule has 0 radical (unpaired) electrons. The molecule has 1 saturated carbocycles. The van der Waals surface area contributed by atoms with Crippen molar-refractivity contribution in [3.05, 3.63) is 34.2 Å². The van der Waals surface area contributed by atoms with E-state index in [1.54, 1.807) is 23.2 Å². The molecule has 0 atom stereocenters. The first kappa shape index (κ1) is 12.0. The molecule has 100 valence electrons. The van der Waals surface area contributed by atoms with E-state index in [9.17, 15) is 9.59 Å². The smallest absolute Gasteiger partial charge is 0.328 e. The Labute approximate surface area is 110 Å². The van der Waals surface area contributed by atoms with Crippen LogP contribution in [0.3, 0.4) is 0 Å². The average Bonchev–Trinajstić information content (AvgIpc) is 3.10. The third-order valence-electron chi connectivity index (χ3n) is 4.20. The average molecular weight is 260 g/mol. The molecule has 5 nitrogen and oxygen atoms in total. The summed E-state index contributed by atoms with van der Waals surface area (Å²) in [6, 6.07) is 5.76. The summed E-state index contributed by atoms with van der Waals surface area (Å²) in [6.45, 7) is 0. The first-order valence-corrected chi connectivity index (χ1v) is 6.33. The summed E-state index contributed by atoms with van der Waals surface area (Å²) in [6.07, 6.45) is 1.89. The number of benzene rings is 1. The van der Waals surface area contributed by atoms with E-state index >= 15 is 0 Å². The van der Waals surface area contributed by atoms with Gasteiger partial charge in [0.2, 0.25) is 0 Å². The molecular weight excluding hydrogens is 244 g/mol. The Bertz CT molecular complexity index is 735. The molecule has 0 saturated heterocycles. The third kappa shape index (κ3) is 1.61. The van der Waals surface area contributed by atoms with E-state index in [1.165, 1.54) is 0 Å². The van der Waals surface area contributed by atoms with Crippen LogP contribution < -0.4 is 5.69 Å². The molecule has 0 amide bonds. The lowest BCUT2D eigenvalue weighted by Crippen LogP contribution is -2.20. The van der Waals surface area contributed by atoms with E-state index in [1.807, 2.05) is 18.2 Å². The van der Waals surface area contributed by atoms with Gasteiger partial charge < -0.3 is 5.11 Å². The predicted octanol–water partition coefficient (Wildman–Crippen LogP) is 1.38. The molecule has 5 heteroatoms. The summed E-state index contributed by atoms with van der Waals surface area (Å²) in [5, 5.41) is 9.08. The second kappa shape index (κ2) is 3.73. The van der Waals surface area contributed by atoms with Crippen LogP contribution in [0.4, 0.5) is 0 Å². The second-order valence-electron chi connectivity index (χ2n) is 5.42. The fourth-order valence-corrected chi connectivity index (χ4v) is 2.99. The molecule has 1 aliphatic carbocycles. The van der Waals surface area contributed by atoms with Crippen molar-refractivity contribution < 1.29 is 9.90 Å². The Balaban J connectivity index is 2.29. The first-order chi connectivity index (χ1) is 8.96. The Morgan fingerprint density at radius 2 is 2.00 bits per heavy atom. The quantitative estimate of drug-likeness (QED) is 0.906. The topological polar surface area (TPSA) is 64.2 Å². The lowest BCUT2D eigenvalue weighted by atomic mass is 9.91. The van der Waals surface area contributed by atoms with E-state index in [2.05, 4.69) is 0 Å². The van der Waals surface area contributed by atoms with Gasteiger partial charge in [-0.05, 0) is 24.5 Å². The van der Waals surface area contributed by atoms with Crippen molar-refractivity contribution in [3.8, 4) is 0 Å². The number of aliphatic carboxylic acids is 1. The number of carbonyl (C=O) groups is 1. The number of para-hydroxylation sites is 1. The van der Waals surface area contributed by atoms with E-state index in [4.69, 9.17) is 5.11 Å². The lowest BCUT2D eigenvalue weighted by Gasteiger charge is -2.15. The SMILES string of the molecule is Cn1c(=O)n(C)c2c(C3(CC(=O)O)CC3)cccc21. The molecule has 0 bridgehead atoms. The van der Waals surface area contributed by atoms with Gasteiger partial charge in [0, 0.05) is 19.5 Å². The zero-order valence-corrected chi connectivity index (χ0v) is 11.0. The Hall–Kier alpha value is -2.04. The van der Waals surface area contributed by atoms with Crippen molar-refractivity contribution >= 4 is 17.0 Å². The van der Waals surface area contributed by atoms with Crippen LogP contribution in [0.15, 0.2) is 23.0 Å². The van der Waals surface area contributed by atoms with E-state index < -0.39 is 5.97 Å². The normalized spacial score (nSPS) is 16.7. The van der Waals surface area contributed by atoms with Gasteiger partial charge in [0.25, 0.3) is 0 Å². The summed E-state index contributed by atoms with van der Waals surface area (Å²) >= 11 is 0. The highest BCUT2D eigenvalue weighted by atomic mass is 16.4. The predicted molar refractivity (Wildman–Crippen MR) is 71.3 cm³/mol. The molecular formula is C14H16N2O3. The third-order valence-corrected chi connectivity index (χ3v) is 4.20. The van der Waals surface area contributed by atoms with Crippen molar-refractivity contribution in [1.29, 1.82) is 0 Å². The van der Waals surface area contributed by atoms with Crippen molar-refractivity contribution in [3.63, 3.8) is 0 Å². The van der Waals surface area contributed by atoms with Crippen LogP contribution >= 0.6 is 0 Å². The Morgan fingerprint density at radius 3 is 2.58 bits per heavy atom. The van der Waals surface area contributed by atoms with Crippen LogP contribution in [0.5, 0.6) is 0 Å². The van der Waals surface area contributed by atoms with Gasteiger partial charge in [0.1, 0.15) is 0 Å². The number of hydrogen-bond donors (Lipinski definition) is 1. The van der Waals surface area contributed by atoms with Crippen LogP contribution in [0.25, 0.3) is 11.0 Å². The van der Waals surface area contributed by atoms with Crippen molar-refractivity contribution in [2.75, 3.05) is 0 Å².